The van der Waals surface area contributed by atoms with E-state index in [0.29, 0.717) is 0 Å². The van der Waals surface area contributed by atoms with E-state index in [1.54, 1.807) is 0 Å². The normalized spacial score (nSPS) is 17.2. The standard InChI is InChI=1S/C58H53BN2S/c1-36-32-45-46(57(7,8)31-30-56(45,5)6)35-48(36)60-49-34-39(55(2,3)4)33-42-40-25-19-27-44-52(40)61(59(51(42)49)54-53(60)41-24-15-18-29-50(41)62-54)47-28-17-16-26-43(47)58(44,37-20-11-9-12-21-37)38-22-13-10-14-23-38/h9-29,32-35H,30-31H2,1-8H3. The van der Waals surface area contributed by atoms with Gasteiger partial charge in [0, 0.05) is 43.2 Å². The molecule has 304 valence electrons. The van der Waals surface area contributed by atoms with Gasteiger partial charge in [0.15, 0.2) is 0 Å². The molecule has 2 nitrogen and oxygen atoms in total. The van der Waals surface area contributed by atoms with Crippen LogP contribution in [0.25, 0.3) is 21.2 Å². The van der Waals surface area contributed by atoms with Crippen molar-refractivity contribution in [3.05, 3.63) is 196 Å². The molecule has 0 saturated carbocycles. The number of para-hydroxylation sites is 2. The summed E-state index contributed by atoms with van der Waals surface area (Å²) in [5.41, 5.74) is 21.1. The highest BCUT2D eigenvalue weighted by molar-refractivity contribution is 7.32. The van der Waals surface area contributed by atoms with Crippen LogP contribution >= 0.6 is 11.3 Å². The number of anilines is 5. The Hall–Kier alpha value is -5.84. The summed E-state index contributed by atoms with van der Waals surface area (Å²) >= 11 is 1.99. The zero-order valence-corrected chi connectivity index (χ0v) is 38.0. The van der Waals surface area contributed by atoms with Crippen molar-refractivity contribution in [3.8, 4) is 11.1 Å². The second-order valence-electron chi connectivity index (χ2n) is 20.8. The summed E-state index contributed by atoms with van der Waals surface area (Å²) < 4.78 is 2.74. The molecule has 0 bridgehead atoms. The zero-order valence-electron chi connectivity index (χ0n) is 37.2. The summed E-state index contributed by atoms with van der Waals surface area (Å²) in [7, 11) is 0. The molecule has 4 aliphatic rings. The van der Waals surface area contributed by atoms with E-state index in [1.807, 2.05) is 11.3 Å². The highest BCUT2D eigenvalue weighted by atomic mass is 32.1. The lowest BCUT2D eigenvalue weighted by molar-refractivity contribution is 0.332. The van der Waals surface area contributed by atoms with Crippen molar-refractivity contribution in [2.24, 2.45) is 0 Å². The van der Waals surface area contributed by atoms with Crippen molar-refractivity contribution in [1.82, 2.24) is 0 Å². The Morgan fingerprint density at radius 1 is 0.548 bits per heavy atom. The minimum absolute atomic E-state index is 0.0367. The van der Waals surface area contributed by atoms with Crippen LogP contribution in [-0.4, -0.2) is 6.85 Å². The van der Waals surface area contributed by atoms with Gasteiger partial charge in [-0.25, -0.2) is 0 Å². The van der Waals surface area contributed by atoms with E-state index in [-0.39, 0.29) is 23.1 Å². The predicted molar refractivity (Wildman–Crippen MR) is 266 cm³/mol. The summed E-state index contributed by atoms with van der Waals surface area (Å²) in [4.78, 5) is 5.48. The number of hydrogen-bond donors (Lipinski definition) is 0. The Morgan fingerprint density at radius 3 is 1.85 bits per heavy atom. The summed E-state index contributed by atoms with van der Waals surface area (Å²) in [5, 5.41) is 1.32. The predicted octanol–water partition coefficient (Wildman–Crippen LogP) is 14.3. The van der Waals surface area contributed by atoms with Gasteiger partial charge in [-0.2, -0.15) is 0 Å². The van der Waals surface area contributed by atoms with Crippen LogP contribution in [0.4, 0.5) is 28.4 Å². The molecule has 62 heavy (non-hydrogen) atoms. The van der Waals surface area contributed by atoms with Crippen molar-refractivity contribution in [2.75, 3.05) is 9.71 Å². The van der Waals surface area contributed by atoms with Gasteiger partial charge in [-0.1, -0.05) is 176 Å². The molecule has 0 amide bonds. The van der Waals surface area contributed by atoms with Gasteiger partial charge in [-0.3, -0.25) is 0 Å². The number of thiophene rings is 1. The van der Waals surface area contributed by atoms with E-state index in [4.69, 9.17) is 0 Å². The number of benzene rings is 7. The lowest BCUT2D eigenvalue weighted by Crippen LogP contribution is -2.62. The molecule has 0 radical (unpaired) electrons. The fourth-order valence-corrected chi connectivity index (χ4v) is 13.2. The molecule has 0 atom stereocenters. The Morgan fingerprint density at radius 2 is 1.16 bits per heavy atom. The van der Waals surface area contributed by atoms with E-state index in [9.17, 15) is 0 Å². The number of aryl methyl sites for hydroxylation is 1. The fourth-order valence-electron chi connectivity index (χ4n) is 12.0. The van der Waals surface area contributed by atoms with Crippen molar-refractivity contribution >= 4 is 66.9 Å². The van der Waals surface area contributed by atoms with Crippen molar-refractivity contribution in [3.63, 3.8) is 0 Å². The average molecular weight is 821 g/mol. The zero-order chi connectivity index (χ0) is 42.5. The first kappa shape index (κ1) is 37.9. The molecule has 0 unspecified atom stereocenters. The molecule has 0 saturated heterocycles. The molecular formula is C58H53BN2S. The van der Waals surface area contributed by atoms with Crippen molar-refractivity contribution < 1.29 is 0 Å². The third-order valence-corrected chi connectivity index (χ3v) is 16.4. The highest BCUT2D eigenvalue weighted by Gasteiger charge is 2.54. The molecule has 1 aliphatic carbocycles. The van der Waals surface area contributed by atoms with E-state index in [0.717, 1.165) is 0 Å². The monoisotopic (exact) mass is 820 g/mol. The van der Waals surface area contributed by atoms with Crippen LogP contribution < -0.4 is 20.0 Å². The topological polar surface area (TPSA) is 6.48 Å². The summed E-state index contributed by atoms with van der Waals surface area (Å²) in [5.74, 6) is 0. The molecule has 12 rings (SSSR count). The minimum atomic E-state index is -0.534. The molecule has 1 aromatic heterocycles. The van der Waals surface area contributed by atoms with Gasteiger partial charge in [-0.15, -0.1) is 11.3 Å². The van der Waals surface area contributed by atoms with Gasteiger partial charge in [-0.05, 0) is 116 Å². The smallest absolute Gasteiger partial charge is 0.343 e. The van der Waals surface area contributed by atoms with E-state index in [2.05, 4.69) is 217 Å². The maximum Gasteiger partial charge on any atom is 0.343 e. The lowest BCUT2D eigenvalue weighted by atomic mass is 9.44. The first-order valence-corrected chi connectivity index (χ1v) is 23.4. The number of fused-ring (bicyclic) bond motifs is 9. The van der Waals surface area contributed by atoms with Crippen molar-refractivity contribution in [2.45, 2.75) is 89.9 Å². The Labute approximate surface area is 372 Å². The van der Waals surface area contributed by atoms with Crippen LogP contribution in [0, 0.1) is 6.92 Å². The van der Waals surface area contributed by atoms with Gasteiger partial charge in [0.1, 0.15) is 0 Å². The minimum Gasteiger partial charge on any atom is -0.375 e. The lowest BCUT2D eigenvalue weighted by Gasteiger charge is -2.52. The SMILES string of the molecule is Cc1cc2c(cc1N1c3cc(C(C)(C)C)cc4c3B(c3sc5ccccc5c31)N1c3ccccc3C(c3ccccc3)(c3ccccc3)c3cccc-4c31)C(C)(C)CCC2(C)C. The van der Waals surface area contributed by atoms with E-state index < -0.39 is 5.41 Å². The van der Waals surface area contributed by atoms with Crippen LogP contribution in [0.1, 0.15) is 106 Å². The Kier molecular flexibility index (Phi) is 7.86. The summed E-state index contributed by atoms with van der Waals surface area (Å²) in [6.07, 6.45) is 2.38. The first-order valence-electron chi connectivity index (χ1n) is 22.6. The summed E-state index contributed by atoms with van der Waals surface area (Å²) in [6, 6.07) is 58.5. The van der Waals surface area contributed by atoms with E-state index in [1.165, 1.54) is 117 Å². The molecule has 3 aliphatic heterocycles. The van der Waals surface area contributed by atoms with E-state index >= 15 is 0 Å². The third-order valence-electron chi connectivity index (χ3n) is 15.2. The van der Waals surface area contributed by atoms with Crippen LogP contribution in [0.15, 0.2) is 152 Å². The molecular weight excluding hydrogens is 768 g/mol. The molecule has 7 aromatic carbocycles. The highest BCUT2D eigenvalue weighted by Crippen LogP contribution is 2.61. The maximum absolute atomic E-state index is 2.77. The maximum atomic E-state index is 2.77. The second-order valence-corrected chi connectivity index (χ2v) is 21.9. The van der Waals surface area contributed by atoms with Crippen LogP contribution in [0.2, 0.25) is 0 Å². The number of rotatable bonds is 3. The van der Waals surface area contributed by atoms with Crippen molar-refractivity contribution in [1.29, 1.82) is 0 Å². The van der Waals surface area contributed by atoms with Gasteiger partial charge in [0.25, 0.3) is 0 Å². The Balaban J connectivity index is 1.25. The quantitative estimate of drug-likeness (QED) is 0.164. The fraction of sp³-hybridized carbons (Fsp3) is 0.241. The molecule has 0 N–H and O–H groups in total. The van der Waals surface area contributed by atoms with Crippen LogP contribution in [-0.2, 0) is 21.7 Å². The molecule has 0 spiro atoms. The third kappa shape index (κ3) is 4.99. The number of hydrogen-bond acceptors (Lipinski definition) is 3. The molecule has 4 heteroatoms. The van der Waals surface area contributed by atoms with Gasteiger partial charge >= 0.3 is 6.85 Å². The van der Waals surface area contributed by atoms with Crippen LogP contribution in [0.5, 0.6) is 0 Å². The molecule has 8 aromatic rings. The Bertz CT molecular complexity index is 3110. The van der Waals surface area contributed by atoms with Crippen LogP contribution in [0.3, 0.4) is 0 Å². The second kappa shape index (κ2) is 12.9. The molecule has 4 heterocycles. The summed E-state index contributed by atoms with van der Waals surface area (Å²) in [6.45, 7) is 19.3. The van der Waals surface area contributed by atoms with Gasteiger partial charge in [0.2, 0.25) is 0 Å². The number of nitrogens with zero attached hydrogens (tertiary/aromatic N) is 2. The van der Waals surface area contributed by atoms with Gasteiger partial charge in [0.05, 0.1) is 11.1 Å². The van der Waals surface area contributed by atoms with Gasteiger partial charge < -0.3 is 9.71 Å². The molecule has 0 fully saturated rings. The average Bonchev–Trinajstić information content (AvgIpc) is 3.66. The largest absolute Gasteiger partial charge is 0.375 e. The first-order chi connectivity index (χ1) is 29.8.